The van der Waals surface area contributed by atoms with Crippen LogP contribution in [0.5, 0.6) is 0 Å². The topological polar surface area (TPSA) is 38.1 Å². The molecule has 0 radical (unpaired) electrons. The molecule has 0 fully saturated rings. The lowest BCUT2D eigenvalue weighted by Crippen LogP contribution is -2.03. The molecule has 1 unspecified atom stereocenters. The van der Waals surface area contributed by atoms with Gasteiger partial charge in [-0.1, -0.05) is 30.3 Å². The van der Waals surface area contributed by atoms with E-state index in [1.54, 1.807) is 13.1 Å². The predicted octanol–water partition coefficient (Wildman–Crippen LogP) is 2.14. The van der Waals surface area contributed by atoms with Crippen molar-refractivity contribution in [1.29, 1.82) is 0 Å². The molecule has 0 saturated heterocycles. The lowest BCUT2D eigenvalue weighted by Gasteiger charge is -2.07. The fourth-order valence-corrected chi connectivity index (χ4v) is 1.69. The number of aromatic nitrogens is 2. The lowest BCUT2D eigenvalue weighted by atomic mass is 10.2. The van der Waals surface area contributed by atoms with Gasteiger partial charge in [-0.25, -0.2) is 4.98 Å². The third kappa shape index (κ3) is 1.78. The molecule has 15 heavy (non-hydrogen) atoms. The van der Waals surface area contributed by atoms with Crippen molar-refractivity contribution >= 4 is 0 Å². The Labute approximate surface area is 89.0 Å². The summed E-state index contributed by atoms with van der Waals surface area (Å²) >= 11 is 0. The van der Waals surface area contributed by atoms with Gasteiger partial charge in [0.2, 0.25) is 0 Å². The number of aliphatic hydroxyl groups is 1. The third-order valence-electron chi connectivity index (χ3n) is 2.47. The third-order valence-corrected chi connectivity index (χ3v) is 2.47. The Balaban J connectivity index is 2.47. The summed E-state index contributed by atoms with van der Waals surface area (Å²) < 4.78 is 1.92. The monoisotopic (exact) mass is 202 g/mol. The van der Waals surface area contributed by atoms with Crippen LogP contribution in [0.4, 0.5) is 0 Å². The van der Waals surface area contributed by atoms with Gasteiger partial charge in [0.1, 0.15) is 11.9 Å². The highest BCUT2D eigenvalue weighted by Crippen LogP contribution is 2.21. The van der Waals surface area contributed by atoms with Gasteiger partial charge in [-0.3, -0.25) is 0 Å². The SMILES string of the molecule is CC(O)c1ncc(-c2ccccc2)n1C. The maximum Gasteiger partial charge on any atom is 0.137 e. The van der Waals surface area contributed by atoms with Crippen LogP contribution in [0.2, 0.25) is 0 Å². The Hall–Kier alpha value is -1.61. The van der Waals surface area contributed by atoms with Crippen molar-refractivity contribution in [2.45, 2.75) is 13.0 Å². The lowest BCUT2D eigenvalue weighted by molar-refractivity contribution is 0.185. The van der Waals surface area contributed by atoms with Gasteiger partial charge < -0.3 is 9.67 Å². The van der Waals surface area contributed by atoms with Crippen LogP contribution in [0.15, 0.2) is 36.5 Å². The molecule has 2 rings (SSSR count). The van der Waals surface area contributed by atoms with E-state index >= 15 is 0 Å². The van der Waals surface area contributed by atoms with E-state index in [0.717, 1.165) is 11.3 Å². The molecular formula is C12H14N2O. The second-order valence-electron chi connectivity index (χ2n) is 3.60. The summed E-state index contributed by atoms with van der Waals surface area (Å²) in [6.45, 7) is 1.72. The molecule has 0 spiro atoms. The van der Waals surface area contributed by atoms with E-state index < -0.39 is 6.10 Å². The maximum absolute atomic E-state index is 9.48. The van der Waals surface area contributed by atoms with E-state index in [2.05, 4.69) is 4.98 Å². The maximum atomic E-state index is 9.48. The molecule has 1 heterocycles. The van der Waals surface area contributed by atoms with Crippen molar-refractivity contribution in [3.63, 3.8) is 0 Å². The second kappa shape index (κ2) is 3.87. The van der Waals surface area contributed by atoms with E-state index in [4.69, 9.17) is 0 Å². The van der Waals surface area contributed by atoms with E-state index in [1.807, 2.05) is 41.9 Å². The van der Waals surface area contributed by atoms with Gasteiger partial charge in [0.25, 0.3) is 0 Å². The summed E-state index contributed by atoms with van der Waals surface area (Å²) in [6.07, 6.45) is 1.25. The molecule has 2 aromatic rings. The Morgan fingerprint density at radius 1 is 1.27 bits per heavy atom. The largest absolute Gasteiger partial charge is 0.385 e. The zero-order valence-corrected chi connectivity index (χ0v) is 8.88. The number of hydrogen-bond acceptors (Lipinski definition) is 2. The molecule has 3 heteroatoms. The normalized spacial score (nSPS) is 12.7. The number of hydrogen-bond donors (Lipinski definition) is 1. The Morgan fingerprint density at radius 3 is 2.47 bits per heavy atom. The van der Waals surface area contributed by atoms with Gasteiger partial charge in [0.05, 0.1) is 11.9 Å². The summed E-state index contributed by atoms with van der Waals surface area (Å²) in [4.78, 5) is 4.20. The summed E-state index contributed by atoms with van der Waals surface area (Å²) in [7, 11) is 1.91. The highest BCUT2D eigenvalue weighted by Gasteiger charge is 2.11. The van der Waals surface area contributed by atoms with Crippen LogP contribution in [0.3, 0.4) is 0 Å². The van der Waals surface area contributed by atoms with Crippen LogP contribution in [0.25, 0.3) is 11.3 Å². The Morgan fingerprint density at radius 2 is 1.93 bits per heavy atom. The quantitative estimate of drug-likeness (QED) is 0.810. The van der Waals surface area contributed by atoms with Gasteiger partial charge in [-0.15, -0.1) is 0 Å². The smallest absolute Gasteiger partial charge is 0.137 e. The van der Waals surface area contributed by atoms with Crippen molar-refractivity contribution in [2.75, 3.05) is 0 Å². The Bertz CT molecular complexity index is 446. The van der Waals surface area contributed by atoms with Crippen LogP contribution < -0.4 is 0 Å². The number of benzene rings is 1. The van der Waals surface area contributed by atoms with Crippen LogP contribution in [-0.4, -0.2) is 14.7 Å². The van der Waals surface area contributed by atoms with Crippen LogP contribution in [0.1, 0.15) is 18.9 Å². The first-order valence-electron chi connectivity index (χ1n) is 4.95. The van der Waals surface area contributed by atoms with Gasteiger partial charge in [-0.05, 0) is 12.5 Å². The van der Waals surface area contributed by atoms with Crippen molar-refractivity contribution < 1.29 is 5.11 Å². The first kappa shape index (κ1) is 9.93. The molecule has 0 aliphatic rings. The van der Waals surface area contributed by atoms with Crippen molar-refractivity contribution in [3.8, 4) is 11.3 Å². The summed E-state index contributed by atoms with van der Waals surface area (Å²) in [5, 5.41) is 9.48. The van der Waals surface area contributed by atoms with Crippen molar-refractivity contribution in [3.05, 3.63) is 42.4 Å². The molecule has 0 aliphatic carbocycles. The number of aliphatic hydroxyl groups excluding tert-OH is 1. The number of rotatable bonds is 2. The van der Waals surface area contributed by atoms with E-state index in [1.165, 1.54) is 0 Å². The molecule has 78 valence electrons. The molecule has 1 atom stereocenters. The van der Waals surface area contributed by atoms with Crippen molar-refractivity contribution in [2.24, 2.45) is 7.05 Å². The molecule has 0 aliphatic heterocycles. The molecule has 1 aromatic heterocycles. The average Bonchev–Trinajstić information content (AvgIpc) is 2.61. The minimum atomic E-state index is -0.535. The molecule has 0 bridgehead atoms. The van der Waals surface area contributed by atoms with Gasteiger partial charge in [-0.2, -0.15) is 0 Å². The van der Waals surface area contributed by atoms with Gasteiger partial charge in [0.15, 0.2) is 0 Å². The standard InChI is InChI=1S/C12H14N2O/c1-9(15)12-13-8-11(14(12)2)10-6-4-3-5-7-10/h3-9,15H,1-2H3. The molecule has 0 saturated carbocycles. The summed E-state index contributed by atoms with van der Waals surface area (Å²) in [5.41, 5.74) is 2.13. The van der Waals surface area contributed by atoms with Crippen LogP contribution in [-0.2, 0) is 7.05 Å². The fourth-order valence-electron chi connectivity index (χ4n) is 1.69. The second-order valence-corrected chi connectivity index (χ2v) is 3.60. The highest BCUT2D eigenvalue weighted by atomic mass is 16.3. The zero-order chi connectivity index (χ0) is 10.8. The fraction of sp³-hybridized carbons (Fsp3) is 0.250. The summed E-state index contributed by atoms with van der Waals surface area (Å²) in [5.74, 6) is 0.689. The van der Waals surface area contributed by atoms with E-state index in [9.17, 15) is 5.11 Å². The first-order valence-corrected chi connectivity index (χ1v) is 4.95. The number of nitrogens with zero attached hydrogens (tertiary/aromatic N) is 2. The molecule has 0 amide bonds. The number of imidazole rings is 1. The summed E-state index contributed by atoms with van der Waals surface area (Å²) in [6, 6.07) is 10.0. The van der Waals surface area contributed by atoms with Crippen molar-refractivity contribution in [1.82, 2.24) is 9.55 Å². The van der Waals surface area contributed by atoms with Crippen LogP contribution in [0, 0.1) is 0 Å². The van der Waals surface area contributed by atoms with E-state index in [-0.39, 0.29) is 0 Å². The molecule has 1 aromatic carbocycles. The van der Waals surface area contributed by atoms with Gasteiger partial charge in [0, 0.05) is 7.05 Å². The van der Waals surface area contributed by atoms with Crippen LogP contribution >= 0.6 is 0 Å². The van der Waals surface area contributed by atoms with Gasteiger partial charge >= 0.3 is 0 Å². The highest BCUT2D eigenvalue weighted by molar-refractivity contribution is 5.59. The molecule has 3 nitrogen and oxygen atoms in total. The first-order chi connectivity index (χ1) is 7.20. The van der Waals surface area contributed by atoms with E-state index in [0.29, 0.717) is 5.82 Å². The predicted molar refractivity (Wildman–Crippen MR) is 59.3 cm³/mol. The Kier molecular flexibility index (Phi) is 2.56. The zero-order valence-electron chi connectivity index (χ0n) is 8.88. The molecular weight excluding hydrogens is 188 g/mol. The average molecular weight is 202 g/mol. The minimum absolute atomic E-state index is 0.535. The molecule has 1 N–H and O–H groups in total. The minimum Gasteiger partial charge on any atom is -0.385 e.